The number of hydrogen-bond donors (Lipinski definition) is 1. The van der Waals surface area contributed by atoms with Crippen LogP contribution < -0.4 is 4.74 Å². The van der Waals surface area contributed by atoms with E-state index in [4.69, 9.17) is 14.7 Å². The van der Waals surface area contributed by atoms with E-state index in [2.05, 4.69) is 9.80 Å². The number of esters is 1. The fraction of sp³-hybridized carbons (Fsp3) is 0.417. The van der Waals surface area contributed by atoms with Gasteiger partial charge in [-0.15, -0.1) is 0 Å². The van der Waals surface area contributed by atoms with Crippen LogP contribution in [-0.2, 0) is 17.8 Å². The Morgan fingerprint density at radius 3 is 2.69 bits per heavy atom. The number of hydrogen-bond acceptors (Lipinski definition) is 7. The molecule has 0 radical (unpaired) electrons. The molecule has 0 aromatic heterocycles. The molecule has 7 nitrogen and oxygen atoms in total. The van der Waals surface area contributed by atoms with Gasteiger partial charge in [0, 0.05) is 50.4 Å². The van der Waals surface area contributed by atoms with E-state index in [0.717, 1.165) is 50.8 Å². The molecule has 0 aliphatic carbocycles. The van der Waals surface area contributed by atoms with Crippen molar-refractivity contribution in [2.75, 3.05) is 46.4 Å². The molecule has 1 unspecified atom stereocenters. The molecule has 2 aliphatic rings. The molecular weight excluding hydrogens is 413 g/mol. The van der Waals surface area contributed by atoms with Gasteiger partial charge < -0.3 is 19.5 Å². The highest BCUT2D eigenvalue weighted by Crippen LogP contribution is 2.27. The van der Waals surface area contributed by atoms with E-state index in [9.17, 15) is 14.3 Å². The van der Waals surface area contributed by atoms with E-state index in [-0.39, 0.29) is 22.8 Å². The summed E-state index contributed by atoms with van der Waals surface area (Å²) >= 11 is 0. The van der Waals surface area contributed by atoms with Crippen molar-refractivity contribution in [2.24, 2.45) is 0 Å². The first-order valence-corrected chi connectivity index (χ1v) is 10.7. The number of benzene rings is 2. The van der Waals surface area contributed by atoms with Gasteiger partial charge in [-0.2, -0.15) is 5.26 Å². The highest BCUT2D eigenvalue weighted by Gasteiger charge is 2.24. The summed E-state index contributed by atoms with van der Waals surface area (Å²) in [7, 11) is 1.42. The molecule has 32 heavy (non-hydrogen) atoms. The summed E-state index contributed by atoms with van der Waals surface area (Å²) in [6.07, 6.45) is -0.111. The van der Waals surface area contributed by atoms with Crippen molar-refractivity contribution in [1.29, 1.82) is 5.26 Å². The number of nitriles is 1. The number of piperazine rings is 1. The topological polar surface area (TPSA) is 86.0 Å². The standard InChI is InChI=1S/C24H26FN3O4/c1-31-23-12-20(21(25)11-17(23)13-26)22(29)14-28-8-6-27(7-9-28)5-4-16-2-3-19-18(10-16)15-32-24(19)30/h2-3,10-12,22,29H,4-9,14-15H2,1H3. The number of fused-ring (bicyclic) bond motifs is 1. The fourth-order valence-corrected chi connectivity index (χ4v) is 4.25. The maximum atomic E-state index is 14.4. The quantitative estimate of drug-likeness (QED) is 0.663. The Morgan fingerprint density at radius 1 is 1.22 bits per heavy atom. The third-order valence-corrected chi connectivity index (χ3v) is 6.16. The molecule has 8 heteroatoms. The van der Waals surface area contributed by atoms with Crippen LogP contribution in [0.15, 0.2) is 30.3 Å². The summed E-state index contributed by atoms with van der Waals surface area (Å²) in [5.74, 6) is -0.589. The Hall–Kier alpha value is -2.99. The molecule has 1 fully saturated rings. The summed E-state index contributed by atoms with van der Waals surface area (Å²) in [6, 6.07) is 10.3. The van der Waals surface area contributed by atoms with Crippen molar-refractivity contribution in [3.8, 4) is 11.8 Å². The molecule has 0 spiro atoms. The lowest BCUT2D eigenvalue weighted by molar-refractivity contribution is 0.0535. The van der Waals surface area contributed by atoms with Crippen molar-refractivity contribution in [1.82, 2.24) is 9.80 Å². The maximum absolute atomic E-state index is 14.4. The molecule has 1 atom stereocenters. The van der Waals surface area contributed by atoms with E-state index in [1.165, 1.54) is 18.7 Å². The van der Waals surface area contributed by atoms with Crippen LogP contribution in [0.5, 0.6) is 5.75 Å². The van der Waals surface area contributed by atoms with Crippen LogP contribution >= 0.6 is 0 Å². The van der Waals surface area contributed by atoms with Crippen LogP contribution in [0.4, 0.5) is 4.39 Å². The number of carbonyl (C=O) groups excluding carboxylic acids is 1. The van der Waals surface area contributed by atoms with E-state index >= 15 is 0 Å². The Labute approximate surface area is 186 Å². The molecule has 2 aromatic carbocycles. The first-order valence-electron chi connectivity index (χ1n) is 10.7. The molecule has 1 N–H and O–H groups in total. The first kappa shape index (κ1) is 22.2. The molecule has 2 heterocycles. The van der Waals surface area contributed by atoms with Crippen molar-refractivity contribution in [3.05, 3.63) is 64.0 Å². The monoisotopic (exact) mass is 439 g/mol. The number of methoxy groups -OCH3 is 1. The summed E-state index contributed by atoms with van der Waals surface area (Å²) in [5.41, 5.74) is 3.06. The lowest BCUT2D eigenvalue weighted by Crippen LogP contribution is -2.48. The zero-order chi connectivity index (χ0) is 22.7. The van der Waals surface area contributed by atoms with Gasteiger partial charge in [0.2, 0.25) is 0 Å². The van der Waals surface area contributed by atoms with Crippen molar-refractivity contribution in [3.63, 3.8) is 0 Å². The number of carbonyl (C=O) groups is 1. The number of aliphatic hydroxyl groups is 1. The van der Waals surface area contributed by atoms with Crippen LogP contribution in [0.25, 0.3) is 0 Å². The SMILES string of the molecule is COc1cc(C(O)CN2CCN(CCc3ccc4c(c3)COC4=O)CC2)c(F)cc1C#N. The maximum Gasteiger partial charge on any atom is 0.338 e. The van der Waals surface area contributed by atoms with Gasteiger partial charge in [-0.1, -0.05) is 12.1 Å². The van der Waals surface area contributed by atoms with Gasteiger partial charge in [-0.3, -0.25) is 4.90 Å². The Balaban J connectivity index is 1.27. The Bertz CT molecular complexity index is 1040. The number of aliphatic hydroxyl groups excluding tert-OH is 1. The normalized spacial score (nSPS) is 17.5. The number of cyclic esters (lactones) is 1. The lowest BCUT2D eigenvalue weighted by Gasteiger charge is -2.35. The second kappa shape index (κ2) is 9.65. The van der Waals surface area contributed by atoms with Crippen molar-refractivity contribution in [2.45, 2.75) is 19.1 Å². The van der Waals surface area contributed by atoms with E-state index in [0.29, 0.717) is 18.7 Å². The third-order valence-electron chi connectivity index (χ3n) is 6.16. The van der Waals surface area contributed by atoms with Crippen LogP contribution in [0.3, 0.4) is 0 Å². The van der Waals surface area contributed by atoms with Gasteiger partial charge in [-0.25, -0.2) is 9.18 Å². The summed E-state index contributed by atoms with van der Waals surface area (Å²) in [5, 5.41) is 19.6. The average molecular weight is 439 g/mol. The molecule has 2 aromatic rings. The number of halogens is 1. The van der Waals surface area contributed by atoms with Gasteiger partial charge in [0.1, 0.15) is 24.2 Å². The van der Waals surface area contributed by atoms with Crippen molar-refractivity contribution < 1.29 is 23.8 Å². The first-order chi connectivity index (χ1) is 15.5. The van der Waals surface area contributed by atoms with Gasteiger partial charge in [-0.05, 0) is 30.2 Å². The van der Waals surface area contributed by atoms with E-state index in [1.807, 2.05) is 24.3 Å². The minimum Gasteiger partial charge on any atom is -0.495 e. The largest absolute Gasteiger partial charge is 0.495 e. The Morgan fingerprint density at radius 2 is 1.97 bits per heavy atom. The van der Waals surface area contributed by atoms with Gasteiger partial charge in [0.15, 0.2) is 0 Å². The van der Waals surface area contributed by atoms with Crippen LogP contribution in [0.1, 0.15) is 38.7 Å². The van der Waals surface area contributed by atoms with E-state index < -0.39 is 11.9 Å². The lowest BCUT2D eigenvalue weighted by atomic mass is 10.0. The van der Waals surface area contributed by atoms with Crippen molar-refractivity contribution >= 4 is 5.97 Å². The molecule has 1 saturated heterocycles. The van der Waals surface area contributed by atoms with Gasteiger partial charge >= 0.3 is 5.97 Å². The highest BCUT2D eigenvalue weighted by atomic mass is 19.1. The summed E-state index contributed by atoms with van der Waals surface area (Å²) in [4.78, 5) is 16.0. The van der Waals surface area contributed by atoms with Crippen LogP contribution in [0, 0.1) is 17.1 Å². The molecular formula is C24H26FN3O4. The average Bonchev–Trinajstić information content (AvgIpc) is 3.18. The smallest absolute Gasteiger partial charge is 0.338 e. The van der Waals surface area contributed by atoms with Gasteiger partial charge in [0.25, 0.3) is 0 Å². The summed E-state index contributed by atoms with van der Waals surface area (Å²) < 4.78 is 24.6. The zero-order valence-corrected chi connectivity index (χ0v) is 18.0. The molecule has 0 amide bonds. The predicted octanol–water partition coefficient (Wildman–Crippen LogP) is 2.27. The minimum absolute atomic E-state index is 0.108. The predicted molar refractivity (Wildman–Crippen MR) is 115 cm³/mol. The van der Waals surface area contributed by atoms with Crippen LogP contribution in [-0.4, -0.2) is 67.3 Å². The second-order valence-electron chi connectivity index (χ2n) is 8.16. The number of β-amino-alcohol motifs (C(OH)–C–C–N with tert-alkyl or cyclic N) is 1. The van der Waals surface area contributed by atoms with Crippen LogP contribution in [0.2, 0.25) is 0 Å². The molecule has 2 aliphatic heterocycles. The van der Waals surface area contributed by atoms with E-state index in [1.54, 1.807) is 0 Å². The Kier molecular flexibility index (Phi) is 6.70. The number of nitrogens with zero attached hydrogens (tertiary/aromatic N) is 3. The number of ether oxygens (including phenoxy) is 2. The highest BCUT2D eigenvalue weighted by molar-refractivity contribution is 5.93. The molecule has 0 saturated carbocycles. The zero-order valence-electron chi connectivity index (χ0n) is 18.0. The second-order valence-corrected chi connectivity index (χ2v) is 8.16. The number of rotatable bonds is 7. The molecule has 168 valence electrons. The third kappa shape index (κ3) is 4.75. The summed E-state index contributed by atoms with van der Waals surface area (Å²) in [6.45, 7) is 4.85. The molecule has 4 rings (SSSR count). The minimum atomic E-state index is -1.00. The van der Waals surface area contributed by atoms with Gasteiger partial charge in [0.05, 0.1) is 24.3 Å². The molecule has 0 bridgehead atoms. The fourth-order valence-electron chi connectivity index (χ4n) is 4.25.